The summed E-state index contributed by atoms with van der Waals surface area (Å²) in [5, 5.41) is 18.8. The second kappa shape index (κ2) is 13.3. The van der Waals surface area contributed by atoms with Crippen molar-refractivity contribution in [1.82, 2.24) is 10.2 Å². The lowest BCUT2D eigenvalue weighted by Gasteiger charge is -2.38. The van der Waals surface area contributed by atoms with Crippen molar-refractivity contribution in [3.63, 3.8) is 0 Å². The molecule has 2 atom stereocenters. The predicted octanol–water partition coefficient (Wildman–Crippen LogP) is 2.78. The standard InChI is InChI=1S/C17H24F2N2O3.C4H4O4/c1-4-5-23-13-6-15(18)14(16(19)7-13)10-24-17(22)21-11(2)8-20-9-12(21)3;5-3(6)1-2-4(7)8/h6-7,11-12,20H,4-5,8-10H2,1-3H3;1-2H,(H,5,6)(H,7,8). The summed E-state index contributed by atoms with van der Waals surface area (Å²) in [5.74, 6) is -3.95. The molecule has 11 heteroatoms. The van der Waals surface area contributed by atoms with Gasteiger partial charge in [-0.3, -0.25) is 0 Å². The molecule has 3 N–H and O–H groups in total. The van der Waals surface area contributed by atoms with Crippen molar-refractivity contribution in [2.45, 2.75) is 45.9 Å². The van der Waals surface area contributed by atoms with Crippen LogP contribution in [0, 0.1) is 11.6 Å². The molecule has 32 heavy (non-hydrogen) atoms. The predicted molar refractivity (Wildman–Crippen MR) is 110 cm³/mol. The summed E-state index contributed by atoms with van der Waals surface area (Å²) in [6.07, 6.45) is 1.29. The number of carboxylic acid groups (broad SMARTS) is 2. The van der Waals surface area contributed by atoms with Crippen molar-refractivity contribution in [1.29, 1.82) is 0 Å². The maximum atomic E-state index is 14.0. The third-order valence-corrected chi connectivity index (χ3v) is 4.34. The van der Waals surface area contributed by atoms with E-state index in [1.54, 1.807) is 4.90 Å². The Morgan fingerprint density at radius 1 is 1.09 bits per heavy atom. The highest BCUT2D eigenvalue weighted by Crippen LogP contribution is 2.22. The van der Waals surface area contributed by atoms with Crippen LogP contribution in [0.5, 0.6) is 5.75 Å². The molecule has 1 aliphatic rings. The minimum atomic E-state index is -1.26. The van der Waals surface area contributed by atoms with Crippen LogP contribution in [0.4, 0.5) is 13.6 Å². The van der Waals surface area contributed by atoms with Crippen molar-refractivity contribution >= 4 is 18.0 Å². The highest BCUT2D eigenvalue weighted by molar-refractivity contribution is 5.89. The Hall–Kier alpha value is -3.21. The largest absolute Gasteiger partial charge is 0.493 e. The molecule has 0 spiro atoms. The van der Waals surface area contributed by atoms with Gasteiger partial charge in [0, 0.05) is 49.5 Å². The van der Waals surface area contributed by atoms with Gasteiger partial charge < -0.3 is 29.9 Å². The Bertz CT molecular complexity index is 783. The number of hydrogen-bond donors (Lipinski definition) is 3. The number of halogens is 2. The Labute approximate surface area is 184 Å². The summed E-state index contributed by atoms with van der Waals surface area (Å²) < 4.78 is 38.4. The minimum absolute atomic E-state index is 0.0410. The topological polar surface area (TPSA) is 125 Å². The summed E-state index contributed by atoms with van der Waals surface area (Å²) in [6, 6.07) is 2.14. The van der Waals surface area contributed by atoms with E-state index < -0.39 is 36.3 Å². The van der Waals surface area contributed by atoms with E-state index in [1.165, 1.54) is 0 Å². The number of aliphatic carboxylic acids is 2. The van der Waals surface area contributed by atoms with Gasteiger partial charge in [-0.1, -0.05) is 6.92 Å². The van der Waals surface area contributed by atoms with Crippen LogP contribution >= 0.6 is 0 Å². The first-order chi connectivity index (χ1) is 15.1. The summed E-state index contributed by atoms with van der Waals surface area (Å²) in [4.78, 5) is 32.9. The second-order valence-electron chi connectivity index (χ2n) is 7.04. The summed E-state index contributed by atoms with van der Waals surface area (Å²) in [5.41, 5.74) is -0.275. The third kappa shape index (κ3) is 8.88. The van der Waals surface area contributed by atoms with E-state index in [1.807, 2.05) is 20.8 Å². The molecule has 0 saturated carbocycles. The van der Waals surface area contributed by atoms with Gasteiger partial charge in [-0.05, 0) is 20.3 Å². The van der Waals surface area contributed by atoms with E-state index >= 15 is 0 Å². The first-order valence-corrected chi connectivity index (χ1v) is 9.97. The average Bonchev–Trinajstić information content (AvgIpc) is 2.70. The van der Waals surface area contributed by atoms with Crippen molar-refractivity contribution in [2.24, 2.45) is 0 Å². The van der Waals surface area contributed by atoms with Gasteiger partial charge in [0.25, 0.3) is 0 Å². The maximum absolute atomic E-state index is 14.0. The minimum Gasteiger partial charge on any atom is -0.493 e. The van der Waals surface area contributed by atoms with Gasteiger partial charge in [-0.25, -0.2) is 23.2 Å². The molecule has 2 unspecified atom stereocenters. The normalized spacial score (nSPS) is 18.0. The zero-order valence-electron chi connectivity index (χ0n) is 18.1. The lowest BCUT2D eigenvalue weighted by molar-refractivity contribution is -0.134. The number of piperazine rings is 1. The van der Waals surface area contributed by atoms with Crippen LogP contribution in [0.25, 0.3) is 0 Å². The van der Waals surface area contributed by atoms with Gasteiger partial charge in [0.05, 0.1) is 12.2 Å². The zero-order valence-corrected chi connectivity index (χ0v) is 18.1. The molecule has 1 aromatic rings. The molecule has 1 aliphatic heterocycles. The number of rotatable bonds is 7. The Balaban J connectivity index is 0.000000547. The van der Waals surface area contributed by atoms with Gasteiger partial charge in [0.15, 0.2) is 0 Å². The molecule has 178 valence electrons. The van der Waals surface area contributed by atoms with Gasteiger partial charge in [0.1, 0.15) is 24.0 Å². The van der Waals surface area contributed by atoms with Gasteiger partial charge >= 0.3 is 18.0 Å². The number of carbonyl (C=O) groups excluding carboxylic acids is 1. The zero-order chi connectivity index (χ0) is 24.3. The van der Waals surface area contributed by atoms with Gasteiger partial charge in [-0.2, -0.15) is 0 Å². The first-order valence-electron chi connectivity index (χ1n) is 9.97. The molecule has 2 rings (SSSR count). The van der Waals surface area contributed by atoms with E-state index in [0.717, 1.165) is 18.6 Å². The number of benzene rings is 1. The molecule has 1 aromatic carbocycles. The molecule has 0 aliphatic carbocycles. The van der Waals surface area contributed by atoms with E-state index in [2.05, 4.69) is 5.32 Å². The molecule has 1 fully saturated rings. The monoisotopic (exact) mass is 458 g/mol. The van der Waals surface area contributed by atoms with Crippen LogP contribution in [0.15, 0.2) is 24.3 Å². The van der Waals surface area contributed by atoms with Crippen molar-refractivity contribution in [3.05, 3.63) is 41.5 Å². The molecule has 9 nitrogen and oxygen atoms in total. The van der Waals surface area contributed by atoms with Crippen LogP contribution in [-0.4, -0.2) is 64.9 Å². The smallest absolute Gasteiger partial charge is 0.410 e. The maximum Gasteiger partial charge on any atom is 0.410 e. The number of nitrogens with zero attached hydrogens (tertiary/aromatic N) is 1. The molecular formula is C21H28F2N2O7. The van der Waals surface area contributed by atoms with Crippen LogP contribution < -0.4 is 10.1 Å². The molecule has 1 heterocycles. The molecule has 0 bridgehead atoms. The van der Waals surface area contributed by atoms with E-state index in [4.69, 9.17) is 19.7 Å². The van der Waals surface area contributed by atoms with Crippen LogP contribution in [0.3, 0.4) is 0 Å². The van der Waals surface area contributed by atoms with Crippen molar-refractivity contribution in [3.8, 4) is 5.75 Å². The van der Waals surface area contributed by atoms with Crippen LogP contribution in [0.2, 0.25) is 0 Å². The highest BCUT2D eigenvalue weighted by Gasteiger charge is 2.30. The van der Waals surface area contributed by atoms with E-state index in [0.29, 0.717) is 31.8 Å². The number of carboxylic acids is 2. The van der Waals surface area contributed by atoms with Gasteiger partial charge in [-0.15, -0.1) is 0 Å². The molecule has 1 saturated heterocycles. The molecule has 0 radical (unpaired) electrons. The fraction of sp³-hybridized carbons (Fsp3) is 0.476. The quantitative estimate of drug-likeness (QED) is 0.533. The molecular weight excluding hydrogens is 430 g/mol. The SMILES string of the molecule is CCCOc1cc(F)c(COC(=O)N2C(C)CNCC2C)c(F)c1.O=C(O)C=CC(=O)O. The molecule has 0 aromatic heterocycles. The lowest BCUT2D eigenvalue weighted by Crippen LogP contribution is -2.57. The van der Waals surface area contributed by atoms with E-state index in [9.17, 15) is 23.2 Å². The van der Waals surface area contributed by atoms with Crippen molar-refractivity contribution in [2.75, 3.05) is 19.7 Å². The Morgan fingerprint density at radius 2 is 1.59 bits per heavy atom. The number of hydrogen-bond acceptors (Lipinski definition) is 6. The summed E-state index contributed by atoms with van der Waals surface area (Å²) in [7, 11) is 0. The fourth-order valence-electron chi connectivity index (χ4n) is 2.86. The Morgan fingerprint density at radius 3 is 2.03 bits per heavy atom. The number of ether oxygens (including phenoxy) is 2. The summed E-state index contributed by atoms with van der Waals surface area (Å²) >= 11 is 0. The fourth-order valence-corrected chi connectivity index (χ4v) is 2.86. The van der Waals surface area contributed by atoms with Crippen LogP contribution in [0.1, 0.15) is 32.8 Å². The number of nitrogens with one attached hydrogen (secondary N) is 1. The highest BCUT2D eigenvalue weighted by atomic mass is 19.1. The van der Waals surface area contributed by atoms with Crippen LogP contribution in [-0.2, 0) is 20.9 Å². The average molecular weight is 458 g/mol. The van der Waals surface area contributed by atoms with E-state index in [-0.39, 0.29) is 23.4 Å². The van der Waals surface area contributed by atoms with Crippen molar-refractivity contribution < 1.29 is 42.9 Å². The second-order valence-corrected chi connectivity index (χ2v) is 7.04. The number of carbonyl (C=O) groups is 3. The molecule has 1 amide bonds. The van der Waals surface area contributed by atoms with Gasteiger partial charge in [0.2, 0.25) is 0 Å². The lowest BCUT2D eigenvalue weighted by atomic mass is 10.1. The number of amides is 1. The first kappa shape index (κ1) is 26.8. The Kier molecular flexibility index (Phi) is 11.1. The summed E-state index contributed by atoms with van der Waals surface area (Å²) in [6.45, 7) is 6.94. The third-order valence-electron chi connectivity index (χ3n) is 4.34.